The molecule has 0 bridgehead atoms. The zero-order valence-electron chi connectivity index (χ0n) is 11.0. The predicted octanol–water partition coefficient (Wildman–Crippen LogP) is 2.85. The zero-order chi connectivity index (χ0) is 13.2. The van der Waals surface area contributed by atoms with Gasteiger partial charge in [-0.2, -0.15) is 5.26 Å². The molecule has 1 saturated carbocycles. The summed E-state index contributed by atoms with van der Waals surface area (Å²) < 4.78 is 1.03. The fraction of sp³-hybridized carbons (Fsp3) is 0.533. The summed E-state index contributed by atoms with van der Waals surface area (Å²) in [5, 5.41) is 8.90. The van der Waals surface area contributed by atoms with E-state index in [1.54, 1.807) is 0 Å². The summed E-state index contributed by atoms with van der Waals surface area (Å²) in [6.45, 7) is 5.77. The van der Waals surface area contributed by atoms with Crippen molar-refractivity contribution in [3.63, 3.8) is 0 Å². The van der Waals surface area contributed by atoms with Gasteiger partial charge in [0.2, 0.25) is 0 Å². The minimum atomic E-state index is 0.711. The van der Waals surface area contributed by atoms with E-state index in [4.69, 9.17) is 5.26 Å². The van der Waals surface area contributed by atoms with Gasteiger partial charge in [-0.05, 0) is 52.9 Å². The number of anilines is 1. The van der Waals surface area contributed by atoms with Crippen LogP contribution in [-0.2, 0) is 0 Å². The van der Waals surface area contributed by atoms with Crippen LogP contribution in [0.25, 0.3) is 0 Å². The van der Waals surface area contributed by atoms with Gasteiger partial charge in [-0.25, -0.2) is 0 Å². The molecule has 1 aliphatic carbocycles. The van der Waals surface area contributed by atoms with Crippen molar-refractivity contribution in [3.05, 3.63) is 28.2 Å². The fourth-order valence-electron chi connectivity index (χ4n) is 2.67. The maximum Gasteiger partial charge on any atom is 0.0992 e. The Balaban J connectivity index is 1.62. The van der Waals surface area contributed by atoms with Crippen LogP contribution < -0.4 is 4.90 Å². The molecule has 1 aromatic carbocycles. The number of nitrogens with zero attached hydrogens (tertiary/aromatic N) is 3. The standard InChI is InChI=1S/C15H18BrN3/c16-14-9-13(10-17)3-4-15(14)19-7-5-18(6-8-19)11-12-1-2-12/h3-4,9,12H,1-2,5-8,11H2. The molecule has 3 nitrogen and oxygen atoms in total. The maximum atomic E-state index is 8.90. The lowest BCUT2D eigenvalue weighted by Gasteiger charge is -2.36. The van der Waals surface area contributed by atoms with Gasteiger partial charge >= 0.3 is 0 Å². The molecule has 1 heterocycles. The molecule has 1 aromatic rings. The van der Waals surface area contributed by atoms with Crippen molar-refractivity contribution in [2.45, 2.75) is 12.8 Å². The van der Waals surface area contributed by atoms with Crippen LogP contribution in [-0.4, -0.2) is 37.6 Å². The summed E-state index contributed by atoms with van der Waals surface area (Å²) in [5.41, 5.74) is 1.92. The van der Waals surface area contributed by atoms with E-state index in [-0.39, 0.29) is 0 Å². The summed E-state index contributed by atoms with van der Waals surface area (Å²) in [6, 6.07) is 8.04. The van der Waals surface area contributed by atoms with Gasteiger partial charge in [0.25, 0.3) is 0 Å². The van der Waals surface area contributed by atoms with Crippen LogP contribution in [0.3, 0.4) is 0 Å². The first-order chi connectivity index (χ1) is 9.26. The summed E-state index contributed by atoms with van der Waals surface area (Å²) in [6.07, 6.45) is 2.86. The van der Waals surface area contributed by atoms with Gasteiger partial charge in [-0.1, -0.05) is 0 Å². The second kappa shape index (κ2) is 5.52. The van der Waals surface area contributed by atoms with Crippen molar-refractivity contribution in [1.82, 2.24) is 4.90 Å². The quantitative estimate of drug-likeness (QED) is 0.858. The molecule has 0 unspecified atom stereocenters. The molecule has 0 amide bonds. The molecule has 0 spiro atoms. The van der Waals surface area contributed by atoms with E-state index in [0.29, 0.717) is 5.56 Å². The van der Waals surface area contributed by atoms with Gasteiger partial charge in [0.15, 0.2) is 0 Å². The second-order valence-electron chi connectivity index (χ2n) is 5.51. The molecule has 0 N–H and O–H groups in total. The first-order valence-corrected chi connectivity index (χ1v) is 7.72. The lowest BCUT2D eigenvalue weighted by atomic mass is 10.2. The Morgan fingerprint density at radius 1 is 1.21 bits per heavy atom. The molecule has 2 fully saturated rings. The van der Waals surface area contributed by atoms with Crippen LogP contribution in [0.5, 0.6) is 0 Å². The Bertz CT molecular complexity index is 497. The normalized spacial score (nSPS) is 20.3. The zero-order valence-corrected chi connectivity index (χ0v) is 12.6. The molecular weight excluding hydrogens is 302 g/mol. The molecular formula is C15H18BrN3. The fourth-order valence-corrected chi connectivity index (χ4v) is 3.30. The SMILES string of the molecule is N#Cc1ccc(N2CCN(CC3CC3)CC2)c(Br)c1. The monoisotopic (exact) mass is 319 g/mol. The summed E-state index contributed by atoms with van der Waals surface area (Å²) in [7, 11) is 0. The van der Waals surface area contributed by atoms with Gasteiger partial charge in [-0.15, -0.1) is 0 Å². The third-order valence-corrected chi connectivity index (χ3v) is 4.64. The lowest BCUT2D eigenvalue weighted by molar-refractivity contribution is 0.248. The second-order valence-corrected chi connectivity index (χ2v) is 6.36. The maximum absolute atomic E-state index is 8.90. The third-order valence-electron chi connectivity index (χ3n) is 4.00. The van der Waals surface area contributed by atoms with Crippen molar-refractivity contribution in [3.8, 4) is 6.07 Å². The highest BCUT2D eigenvalue weighted by molar-refractivity contribution is 9.10. The van der Waals surface area contributed by atoms with Crippen LogP contribution in [0.2, 0.25) is 0 Å². The molecule has 1 aliphatic heterocycles. The molecule has 19 heavy (non-hydrogen) atoms. The number of hydrogen-bond donors (Lipinski definition) is 0. The van der Waals surface area contributed by atoms with E-state index in [0.717, 1.165) is 36.6 Å². The first kappa shape index (κ1) is 13.0. The topological polar surface area (TPSA) is 30.3 Å². The van der Waals surface area contributed by atoms with E-state index < -0.39 is 0 Å². The molecule has 4 heteroatoms. The summed E-state index contributed by atoms with van der Waals surface area (Å²) in [5.74, 6) is 0.980. The Hall–Kier alpha value is -1.05. The van der Waals surface area contributed by atoms with Crippen LogP contribution in [0.15, 0.2) is 22.7 Å². The van der Waals surface area contributed by atoms with Crippen molar-refractivity contribution < 1.29 is 0 Å². The van der Waals surface area contributed by atoms with E-state index in [1.807, 2.05) is 12.1 Å². The Morgan fingerprint density at radius 3 is 2.53 bits per heavy atom. The molecule has 100 valence electrons. The third kappa shape index (κ3) is 3.10. The van der Waals surface area contributed by atoms with E-state index >= 15 is 0 Å². The minimum absolute atomic E-state index is 0.711. The van der Waals surface area contributed by atoms with Crippen molar-refractivity contribution >= 4 is 21.6 Å². The van der Waals surface area contributed by atoms with E-state index in [1.165, 1.54) is 25.1 Å². The average molecular weight is 320 g/mol. The van der Waals surface area contributed by atoms with Gasteiger partial charge in [-0.3, -0.25) is 4.90 Å². The van der Waals surface area contributed by atoms with Gasteiger partial charge in [0, 0.05) is 37.2 Å². The van der Waals surface area contributed by atoms with Gasteiger partial charge in [0.05, 0.1) is 17.3 Å². The smallest absolute Gasteiger partial charge is 0.0992 e. The highest BCUT2D eigenvalue weighted by Gasteiger charge is 2.26. The number of halogens is 1. The number of piperazine rings is 1. The Kier molecular flexibility index (Phi) is 3.76. The van der Waals surface area contributed by atoms with Crippen LogP contribution in [0.4, 0.5) is 5.69 Å². The van der Waals surface area contributed by atoms with Gasteiger partial charge < -0.3 is 4.90 Å². The van der Waals surface area contributed by atoms with E-state index in [9.17, 15) is 0 Å². The van der Waals surface area contributed by atoms with Crippen molar-refractivity contribution in [2.75, 3.05) is 37.6 Å². The first-order valence-electron chi connectivity index (χ1n) is 6.93. The highest BCUT2D eigenvalue weighted by atomic mass is 79.9. The molecule has 0 radical (unpaired) electrons. The predicted molar refractivity (Wildman–Crippen MR) is 80.2 cm³/mol. The Labute approximate surface area is 122 Å². The number of nitriles is 1. The molecule has 2 aliphatic rings. The highest BCUT2D eigenvalue weighted by Crippen LogP contribution is 2.31. The number of hydrogen-bond acceptors (Lipinski definition) is 3. The van der Waals surface area contributed by atoms with Gasteiger partial charge in [0.1, 0.15) is 0 Å². The number of benzene rings is 1. The van der Waals surface area contributed by atoms with Crippen molar-refractivity contribution in [1.29, 1.82) is 5.26 Å². The Morgan fingerprint density at radius 2 is 1.95 bits per heavy atom. The van der Waals surface area contributed by atoms with Crippen LogP contribution >= 0.6 is 15.9 Å². The summed E-state index contributed by atoms with van der Waals surface area (Å²) >= 11 is 3.58. The largest absolute Gasteiger partial charge is 0.368 e. The van der Waals surface area contributed by atoms with E-state index in [2.05, 4.69) is 37.9 Å². The van der Waals surface area contributed by atoms with Crippen LogP contribution in [0, 0.1) is 17.2 Å². The van der Waals surface area contributed by atoms with Crippen molar-refractivity contribution in [2.24, 2.45) is 5.92 Å². The minimum Gasteiger partial charge on any atom is -0.368 e. The molecule has 0 atom stereocenters. The molecule has 0 aromatic heterocycles. The van der Waals surface area contributed by atoms with Crippen LogP contribution in [0.1, 0.15) is 18.4 Å². The lowest BCUT2D eigenvalue weighted by Crippen LogP contribution is -2.47. The molecule has 3 rings (SSSR count). The molecule has 1 saturated heterocycles. The summed E-state index contributed by atoms with van der Waals surface area (Å²) in [4.78, 5) is 5.00. The average Bonchev–Trinajstić information content (AvgIpc) is 3.24. The number of rotatable bonds is 3.